The summed E-state index contributed by atoms with van der Waals surface area (Å²) in [4.78, 5) is 34.9. The molecule has 0 N–H and O–H groups in total. The van der Waals surface area contributed by atoms with Crippen LogP contribution in [0.3, 0.4) is 0 Å². The van der Waals surface area contributed by atoms with Crippen LogP contribution in [-0.2, 0) is 22.5 Å². The first kappa shape index (κ1) is 22.8. The number of likely N-dealkylation sites (N-methyl/N-ethyl adjacent to an activating group) is 1. The predicted molar refractivity (Wildman–Crippen MR) is 128 cm³/mol. The second-order valence-electron chi connectivity index (χ2n) is 7.36. The van der Waals surface area contributed by atoms with E-state index in [2.05, 4.69) is 11.8 Å². The van der Waals surface area contributed by atoms with Gasteiger partial charge in [0.1, 0.15) is 10.6 Å². The maximum absolute atomic E-state index is 13.8. The molecule has 0 fully saturated rings. The van der Waals surface area contributed by atoms with Gasteiger partial charge in [-0.3, -0.25) is 19.1 Å². The van der Waals surface area contributed by atoms with Crippen molar-refractivity contribution in [3.63, 3.8) is 0 Å². The van der Waals surface area contributed by atoms with Crippen molar-refractivity contribution in [2.45, 2.75) is 38.9 Å². The molecule has 1 aliphatic rings. The molecule has 0 saturated carbocycles. The van der Waals surface area contributed by atoms with E-state index >= 15 is 0 Å². The number of esters is 1. The van der Waals surface area contributed by atoms with E-state index in [1.54, 1.807) is 22.8 Å². The highest BCUT2D eigenvalue weighted by molar-refractivity contribution is 7.99. The summed E-state index contributed by atoms with van der Waals surface area (Å²) in [6.45, 7) is 9.53. The van der Waals surface area contributed by atoms with Crippen molar-refractivity contribution in [3.05, 3.63) is 45.1 Å². The Balaban J connectivity index is 1.82. The van der Waals surface area contributed by atoms with Gasteiger partial charge in [0.2, 0.25) is 0 Å². The van der Waals surface area contributed by atoms with Crippen molar-refractivity contribution in [1.29, 1.82) is 0 Å². The number of thioether (sulfide) groups is 1. The Bertz CT molecular complexity index is 1170. The molecule has 0 aliphatic carbocycles. The third kappa shape index (κ3) is 4.55. The van der Waals surface area contributed by atoms with Gasteiger partial charge in [-0.15, -0.1) is 11.3 Å². The largest absolute Gasteiger partial charge is 0.494 e. The van der Waals surface area contributed by atoms with Gasteiger partial charge in [-0.25, -0.2) is 4.98 Å². The molecule has 1 aromatic carbocycles. The zero-order valence-electron chi connectivity index (χ0n) is 18.6. The van der Waals surface area contributed by atoms with E-state index in [1.807, 2.05) is 31.2 Å². The second-order valence-corrected chi connectivity index (χ2v) is 9.38. The van der Waals surface area contributed by atoms with Crippen LogP contribution in [0.25, 0.3) is 15.9 Å². The Hall–Kier alpha value is -2.36. The Morgan fingerprint density at radius 2 is 1.97 bits per heavy atom. The van der Waals surface area contributed by atoms with Crippen LogP contribution in [0.5, 0.6) is 5.75 Å². The van der Waals surface area contributed by atoms with Crippen LogP contribution in [0.2, 0.25) is 0 Å². The Morgan fingerprint density at radius 3 is 2.66 bits per heavy atom. The summed E-state index contributed by atoms with van der Waals surface area (Å²) in [5.41, 5.74) is 1.73. The smallest absolute Gasteiger partial charge is 0.316 e. The van der Waals surface area contributed by atoms with E-state index in [4.69, 9.17) is 14.5 Å². The summed E-state index contributed by atoms with van der Waals surface area (Å²) < 4.78 is 12.2. The number of benzene rings is 1. The molecule has 0 amide bonds. The van der Waals surface area contributed by atoms with Crippen LogP contribution in [0.4, 0.5) is 0 Å². The molecule has 4 rings (SSSR count). The highest BCUT2D eigenvalue weighted by Crippen LogP contribution is 2.34. The van der Waals surface area contributed by atoms with E-state index in [0.29, 0.717) is 29.4 Å². The predicted octanol–water partition coefficient (Wildman–Crippen LogP) is 3.88. The lowest BCUT2D eigenvalue weighted by atomic mass is 10.1. The molecule has 0 unspecified atom stereocenters. The monoisotopic (exact) mass is 473 g/mol. The van der Waals surface area contributed by atoms with Crippen LogP contribution < -0.4 is 10.3 Å². The normalized spacial score (nSPS) is 13.8. The third-order valence-corrected chi connectivity index (χ3v) is 7.42. The van der Waals surface area contributed by atoms with E-state index in [0.717, 1.165) is 42.2 Å². The number of hydrogen-bond donors (Lipinski definition) is 0. The Morgan fingerprint density at radius 1 is 1.19 bits per heavy atom. The van der Waals surface area contributed by atoms with Crippen molar-refractivity contribution in [2.24, 2.45) is 0 Å². The van der Waals surface area contributed by atoms with E-state index in [-0.39, 0.29) is 17.3 Å². The molecule has 170 valence electrons. The third-order valence-electron chi connectivity index (χ3n) is 5.40. The Labute approximate surface area is 195 Å². The molecular formula is C23H27N3O4S2. The second kappa shape index (κ2) is 10.1. The molecule has 0 bridgehead atoms. The first-order valence-electron chi connectivity index (χ1n) is 10.9. The fourth-order valence-electron chi connectivity index (χ4n) is 3.86. The van der Waals surface area contributed by atoms with E-state index < -0.39 is 0 Å². The minimum Gasteiger partial charge on any atom is -0.494 e. The number of carbonyl (C=O) groups is 1. The molecular weight excluding hydrogens is 446 g/mol. The van der Waals surface area contributed by atoms with Gasteiger partial charge in [0.05, 0.1) is 30.0 Å². The molecule has 7 nitrogen and oxygen atoms in total. The zero-order valence-corrected chi connectivity index (χ0v) is 20.2. The molecule has 9 heteroatoms. The summed E-state index contributed by atoms with van der Waals surface area (Å²) in [5.74, 6) is 0.512. The van der Waals surface area contributed by atoms with Crippen molar-refractivity contribution < 1.29 is 14.3 Å². The molecule has 3 aromatic rings. The van der Waals surface area contributed by atoms with Crippen molar-refractivity contribution in [2.75, 3.05) is 32.1 Å². The highest BCUT2D eigenvalue weighted by atomic mass is 32.2. The molecule has 0 atom stereocenters. The average molecular weight is 474 g/mol. The van der Waals surface area contributed by atoms with Gasteiger partial charge in [-0.1, -0.05) is 18.7 Å². The summed E-state index contributed by atoms with van der Waals surface area (Å²) in [5, 5.41) is 1.20. The zero-order chi connectivity index (χ0) is 22.7. The lowest BCUT2D eigenvalue weighted by Gasteiger charge is -2.25. The number of carbonyl (C=O) groups excluding carboxylic acids is 1. The molecule has 2 aromatic heterocycles. The SMILES string of the molecule is CCOC(=O)CSc1nc2sc3c(c2c(=O)n1-c1ccc(OCC)cc1)CCN(CC)C3. The van der Waals surface area contributed by atoms with E-state index in [9.17, 15) is 9.59 Å². The van der Waals surface area contributed by atoms with Crippen LogP contribution in [0, 0.1) is 0 Å². The fraction of sp³-hybridized carbons (Fsp3) is 0.435. The minimum absolute atomic E-state index is 0.0898. The molecule has 1 aliphatic heterocycles. The van der Waals surface area contributed by atoms with Crippen molar-refractivity contribution >= 4 is 39.3 Å². The summed E-state index contributed by atoms with van der Waals surface area (Å²) in [6, 6.07) is 7.40. The average Bonchev–Trinajstić information content (AvgIpc) is 3.16. The van der Waals surface area contributed by atoms with Gasteiger partial charge in [-0.05, 0) is 56.6 Å². The first-order chi connectivity index (χ1) is 15.5. The van der Waals surface area contributed by atoms with Gasteiger partial charge >= 0.3 is 5.97 Å². The van der Waals surface area contributed by atoms with Gasteiger partial charge in [0, 0.05) is 18.0 Å². The summed E-state index contributed by atoms with van der Waals surface area (Å²) >= 11 is 2.82. The number of hydrogen-bond acceptors (Lipinski definition) is 8. The Kier molecular flexibility index (Phi) is 7.17. The van der Waals surface area contributed by atoms with Crippen LogP contribution in [-0.4, -0.2) is 52.5 Å². The van der Waals surface area contributed by atoms with Crippen molar-refractivity contribution in [3.8, 4) is 11.4 Å². The van der Waals surface area contributed by atoms with Crippen molar-refractivity contribution in [1.82, 2.24) is 14.5 Å². The first-order valence-corrected chi connectivity index (χ1v) is 12.7. The number of fused-ring (bicyclic) bond motifs is 3. The number of thiophene rings is 1. The van der Waals surface area contributed by atoms with Crippen LogP contribution in [0.1, 0.15) is 31.2 Å². The summed E-state index contributed by atoms with van der Waals surface area (Å²) in [6.07, 6.45) is 0.846. The number of aromatic nitrogens is 2. The molecule has 0 saturated heterocycles. The van der Waals surface area contributed by atoms with Crippen LogP contribution in [0.15, 0.2) is 34.2 Å². The van der Waals surface area contributed by atoms with Crippen LogP contribution >= 0.6 is 23.1 Å². The maximum atomic E-state index is 13.8. The fourth-order valence-corrected chi connectivity index (χ4v) is 5.97. The number of rotatable bonds is 8. The molecule has 0 spiro atoms. The lowest BCUT2D eigenvalue weighted by molar-refractivity contribution is -0.139. The summed E-state index contributed by atoms with van der Waals surface area (Å²) in [7, 11) is 0. The topological polar surface area (TPSA) is 73.7 Å². The standard InChI is InChI=1S/C23H27N3O4S2/c1-4-25-12-11-17-18(13-25)32-21-20(17)22(28)26(15-7-9-16(10-8-15)29-5-2)23(24-21)31-14-19(27)30-6-3/h7-10H,4-6,11-14H2,1-3H3. The number of ether oxygens (including phenoxy) is 2. The van der Waals surface area contributed by atoms with E-state index in [1.165, 1.54) is 16.6 Å². The van der Waals surface area contributed by atoms with Gasteiger partial charge in [0.15, 0.2) is 5.16 Å². The number of nitrogens with zero attached hydrogens (tertiary/aromatic N) is 3. The van der Waals surface area contributed by atoms with Gasteiger partial charge in [-0.2, -0.15) is 0 Å². The van der Waals surface area contributed by atoms with Gasteiger partial charge < -0.3 is 9.47 Å². The molecule has 0 radical (unpaired) electrons. The highest BCUT2D eigenvalue weighted by Gasteiger charge is 2.25. The lowest BCUT2D eigenvalue weighted by Crippen LogP contribution is -2.30. The quantitative estimate of drug-likeness (QED) is 0.279. The molecule has 3 heterocycles. The van der Waals surface area contributed by atoms with Gasteiger partial charge in [0.25, 0.3) is 5.56 Å². The minimum atomic E-state index is -0.325. The molecule has 32 heavy (non-hydrogen) atoms. The maximum Gasteiger partial charge on any atom is 0.316 e.